The highest BCUT2D eigenvalue weighted by molar-refractivity contribution is 5.47. The van der Waals surface area contributed by atoms with Crippen LogP contribution in [0.4, 0.5) is 5.69 Å². The van der Waals surface area contributed by atoms with Crippen molar-refractivity contribution >= 4 is 5.69 Å². The van der Waals surface area contributed by atoms with Crippen molar-refractivity contribution in [2.75, 3.05) is 0 Å². The standard InChI is InChI=1S/C11H14N2O4/c1-11(2)10(14)9(12)7-5-6(13(15)16)3-4-8(7)17-11/h3-5,9-10,14H,12H2,1-2H3/t9-,10+/m0/s1. The normalized spacial score (nSPS) is 25.9. The lowest BCUT2D eigenvalue weighted by Gasteiger charge is -2.40. The summed E-state index contributed by atoms with van der Waals surface area (Å²) in [4.78, 5) is 10.2. The summed E-state index contributed by atoms with van der Waals surface area (Å²) in [6, 6.07) is 3.53. The predicted molar refractivity (Wildman–Crippen MR) is 60.7 cm³/mol. The number of hydrogen-bond donors (Lipinski definition) is 2. The monoisotopic (exact) mass is 238 g/mol. The SMILES string of the molecule is CC1(C)Oc2ccc([N+](=O)[O-])cc2[C@H](N)[C@H]1O. The second-order valence-electron chi connectivity index (χ2n) is 4.66. The van der Waals surface area contributed by atoms with Crippen molar-refractivity contribution < 1.29 is 14.8 Å². The third-order valence-electron chi connectivity index (χ3n) is 2.99. The number of non-ortho nitro benzene ring substituents is 1. The summed E-state index contributed by atoms with van der Waals surface area (Å²) in [5.41, 5.74) is 5.48. The molecule has 0 amide bonds. The number of aliphatic hydroxyl groups excluding tert-OH is 1. The third kappa shape index (κ3) is 1.85. The molecule has 1 aliphatic heterocycles. The molecule has 0 bridgehead atoms. The van der Waals surface area contributed by atoms with E-state index in [-0.39, 0.29) is 5.69 Å². The van der Waals surface area contributed by atoms with Crippen LogP contribution >= 0.6 is 0 Å². The van der Waals surface area contributed by atoms with Gasteiger partial charge in [-0.2, -0.15) is 0 Å². The zero-order chi connectivity index (χ0) is 12.8. The summed E-state index contributed by atoms with van der Waals surface area (Å²) < 4.78 is 5.58. The minimum atomic E-state index is -0.906. The lowest BCUT2D eigenvalue weighted by molar-refractivity contribution is -0.385. The van der Waals surface area contributed by atoms with Gasteiger partial charge in [-0.05, 0) is 19.9 Å². The van der Waals surface area contributed by atoms with Gasteiger partial charge < -0.3 is 15.6 Å². The van der Waals surface area contributed by atoms with Gasteiger partial charge in [-0.15, -0.1) is 0 Å². The Morgan fingerprint density at radius 3 is 2.76 bits per heavy atom. The van der Waals surface area contributed by atoms with E-state index >= 15 is 0 Å². The van der Waals surface area contributed by atoms with Gasteiger partial charge in [0.25, 0.3) is 5.69 Å². The van der Waals surface area contributed by atoms with Gasteiger partial charge in [0, 0.05) is 17.7 Å². The molecule has 2 atom stereocenters. The van der Waals surface area contributed by atoms with Crippen LogP contribution in [0.5, 0.6) is 5.75 Å². The van der Waals surface area contributed by atoms with E-state index in [9.17, 15) is 15.2 Å². The number of nitrogens with zero attached hydrogens (tertiary/aromatic N) is 1. The molecule has 0 unspecified atom stereocenters. The Labute approximate surface area is 98.2 Å². The van der Waals surface area contributed by atoms with Crippen LogP contribution in [0.1, 0.15) is 25.5 Å². The van der Waals surface area contributed by atoms with Gasteiger partial charge in [-0.3, -0.25) is 10.1 Å². The fraction of sp³-hybridized carbons (Fsp3) is 0.455. The number of nitro benzene ring substituents is 1. The molecule has 6 nitrogen and oxygen atoms in total. The van der Waals surface area contributed by atoms with E-state index in [2.05, 4.69) is 0 Å². The van der Waals surface area contributed by atoms with E-state index in [1.807, 2.05) is 0 Å². The zero-order valence-corrected chi connectivity index (χ0v) is 9.58. The first-order valence-electron chi connectivity index (χ1n) is 5.24. The molecule has 1 aliphatic rings. The highest BCUT2D eigenvalue weighted by Crippen LogP contribution is 2.39. The van der Waals surface area contributed by atoms with Crippen molar-refractivity contribution in [1.29, 1.82) is 0 Å². The van der Waals surface area contributed by atoms with E-state index in [0.29, 0.717) is 11.3 Å². The Bertz CT molecular complexity index is 473. The van der Waals surface area contributed by atoms with Crippen LogP contribution in [-0.2, 0) is 0 Å². The van der Waals surface area contributed by atoms with Crippen molar-refractivity contribution in [3.05, 3.63) is 33.9 Å². The molecular weight excluding hydrogens is 224 g/mol. The molecule has 0 aliphatic carbocycles. The Balaban J connectivity index is 2.50. The number of nitrogens with two attached hydrogens (primary N) is 1. The molecule has 0 saturated heterocycles. The molecule has 0 aromatic heterocycles. The fourth-order valence-electron chi connectivity index (χ4n) is 1.95. The van der Waals surface area contributed by atoms with Gasteiger partial charge in [0.1, 0.15) is 17.5 Å². The second-order valence-corrected chi connectivity index (χ2v) is 4.66. The second kappa shape index (κ2) is 3.68. The molecule has 1 heterocycles. The van der Waals surface area contributed by atoms with Crippen molar-refractivity contribution in [2.24, 2.45) is 5.73 Å². The molecular formula is C11H14N2O4. The molecule has 0 spiro atoms. The summed E-state index contributed by atoms with van der Waals surface area (Å²) in [5, 5.41) is 20.6. The average molecular weight is 238 g/mol. The summed E-state index contributed by atoms with van der Waals surface area (Å²) >= 11 is 0. The maximum absolute atomic E-state index is 10.7. The molecule has 0 fully saturated rings. The van der Waals surface area contributed by atoms with Crippen LogP contribution in [0.2, 0.25) is 0 Å². The summed E-state index contributed by atoms with van der Waals surface area (Å²) in [5.74, 6) is 0.485. The minimum absolute atomic E-state index is 0.0605. The van der Waals surface area contributed by atoms with Crippen LogP contribution in [0.3, 0.4) is 0 Å². The summed E-state index contributed by atoms with van der Waals surface area (Å²) in [7, 11) is 0. The van der Waals surface area contributed by atoms with Gasteiger partial charge >= 0.3 is 0 Å². The number of hydrogen-bond acceptors (Lipinski definition) is 5. The number of benzene rings is 1. The molecule has 6 heteroatoms. The van der Waals surface area contributed by atoms with E-state index in [0.717, 1.165) is 0 Å². The minimum Gasteiger partial charge on any atom is -0.485 e. The first kappa shape index (κ1) is 11.8. The van der Waals surface area contributed by atoms with Gasteiger partial charge in [0.2, 0.25) is 0 Å². The van der Waals surface area contributed by atoms with Gasteiger partial charge in [-0.25, -0.2) is 0 Å². The lowest BCUT2D eigenvalue weighted by Crippen LogP contribution is -2.51. The zero-order valence-electron chi connectivity index (χ0n) is 9.58. The fourth-order valence-corrected chi connectivity index (χ4v) is 1.95. The van der Waals surface area contributed by atoms with Crippen molar-refractivity contribution in [3.63, 3.8) is 0 Å². The Morgan fingerprint density at radius 1 is 1.53 bits per heavy atom. The van der Waals surface area contributed by atoms with Gasteiger partial charge in [-0.1, -0.05) is 0 Å². The van der Waals surface area contributed by atoms with E-state index < -0.39 is 22.7 Å². The Hall–Kier alpha value is -1.66. The molecule has 3 N–H and O–H groups in total. The number of rotatable bonds is 1. The Morgan fingerprint density at radius 2 is 2.18 bits per heavy atom. The molecule has 92 valence electrons. The van der Waals surface area contributed by atoms with Crippen molar-refractivity contribution in [1.82, 2.24) is 0 Å². The highest BCUT2D eigenvalue weighted by atomic mass is 16.6. The van der Waals surface area contributed by atoms with E-state index in [4.69, 9.17) is 10.5 Å². The van der Waals surface area contributed by atoms with Crippen LogP contribution in [-0.4, -0.2) is 21.7 Å². The van der Waals surface area contributed by atoms with E-state index in [1.165, 1.54) is 18.2 Å². The lowest BCUT2D eigenvalue weighted by atomic mass is 9.87. The topological polar surface area (TPSA) is 98.6 Å². The Kier molecular flexibility index (Phi) is 2.56. The van der Waals surface area contributed by atoms with Crippen LogP contribution in [0, 0.1) is 10.1 Å². The molecule has 0 saturated carbocycles. The third-order valence-corrected chi connectivity index (χ3v) is 2.99. The van der Waals surface area contributed by atoms with Gasteiger partial charge in [0.15, 0.2) is 0 Å². The van der Waals surface area contributed by atoms with Crippen LogP contribution in [0.25, 0.3) is 0 Å². The molecule has 1 aromatic rings. The maximum Gasteiger partial charge on any atom is 0.270 e. The summed E-state index contributed by atoms with van der Waals surface area (Å²) in [6.45, 7) is 3.45. The van der Waals surface area contributed by atoms with Crippen LogP contribution < -0.4 is 10.5 Å². The van der Waals surface area contributed by atoms with Crippen molar-refractivity contribution in [2.45, 2.75) is 31.6 Å². The first-order chi connectivity index (χ1) is 7.83. The molecule has 1 aromatic carbocycles. The number of aliphatic hydroxyl groups is 1. The number of nitro groups is 1. The highest BCUT2D eigenvalue weighted by Gasteiger charge is 2.41. The molecule has 17 heavy (non-hydrogen) atoms. The molecule has 2 rings (SSSR count). The van der Waals surface area contributed by atoms with Gasteiger partial charge in [0.05, 0.1) is 11.0 Å². The predicted octanol–water partition coefficient (Wildman–Crippen LogP) is 1.13. The largest absolute Gasteiger partial charge is 0.485 e. The number of fused-ring (bicyclic) bond motifs is 1. The first-order valence-corrected chi connectivity index (χ1v) is 5.24. The maximum atomic E-state index is 10.7. The average Bonchev–Trinajstić information content (AvgIpc) is 2.25. The number of ether oxygens (including phenoxy) is 1. The molecule has 0 radical (unpaired) electrons. The summed E-state index contributed by atoms with van der Waals surface area (Å²) in [6.07, 6.45) is -0.906. The van der Waals surface area contributed by atoms with Crippen LogP contribution in [0.15, 0.2) is 18.2 Å². The van der Waals surface area contributed by atoms with E-state index in [1.54, 1.807) is 13.8 Å². The van der Waals surface area contributed by atoms with Crippen molar-refractivity contribution in [3.8, 4) is 5.75 Å². The smallest absolute Gasteiger partial charge is 0.270 e. The quantitative estimate of drug-likeness (QED) is 0.564.